The Balaban J connectivity index is 1.39. The van der Waals surface area contributed by atoms with Gasteiger partial charge in [0.1, 0.15) is 35.7 Å². The number of anilines is 2. The Morgan fingerprint density at radius 1 is 1.24 bits per heavy atom. The van der Waals surface area contributed by atoms with Crippen molar-refractivity contribution in [2.45, 2.75) is 31.0 Å². The molecule has 2 unspecified atom stereocenters. The first-order valence-corrected chi connectivity index (χ1v) is 16.1. The first-order chi connectivity index (χ1) is 22.1. The van der Waals surface area contributed by atoms with Gasteiger partial charge in [0.15, 0.2) is 10.9 Å². The van der Waals surface area contributed by atoms with Crippen LogP contribution in [0.3, 0.4) is 0 Å². The van der Waals surface area contributed by atoms with E-state index in [-0.39, 0.29) is 66.4 Å². The number of rotatable bonds is 6. The summed E-state index contributed by atoms with van der Waals surface area (Å²) in [7, 11) is 0. The molecule has 46 heavy (non-hydrogen) atoms. The molecule has 0 saturated carbocycles. The third-order valence-electron chi connectivity index (χ3n) is 9.33. The number of pyridine rings is 1. The predicted octanol–water partition coefficient (Wildman–Crippen LogP) is 5.69. The maximum atomic E-state index is 16.9. The third-order valence-corrected chi connectivity index (χ3v) is 10.5. The van der Waals surface area contributed by atoms with Gasteiger partial charge in [0.2, 0.25) is 11.8 Å². The standard InChI is InChI=1S/C32H29ClF3N7O2S/c1-2-23(44)41-8-10-42(11-9-41)28-19-12-21(33)24(18-4-5-22(35)29-27(18)40-31(38)46-29)25(36)26(19)39-30(20(28)14-37)45-16-32-6-3-7-43(32)15-17(34)13-32/h2,4-5,12,17H,1,3,6-11,13,15-16H2,(H2,38,40). The van der Waals surface area contributed by atoms with Gasteiger partial charge in [0.05, 0.1) is 26.5 Å². The van der Waals surface area contributed by atoms with Crippen LogP contribution in [-0.2, 0) is 4.79 Å². The lowest BCUT2D eigenvalue weighted by atomic mass is 9.95. The molecule has 238 valence electrons. The molecule has 3 aliphatic rings. The van der Waals surface area contributed by atoms with E-state index in [1.807, 2.05) is 4.90 Å². The molecule has 3 fully saturated rings. The summed E-state index contributed by atoms with van der Waals surface area (Å²) in [5.74, 6) is -1.63. The Labute approximate surface area is 271 Å². The second-order valence-corrected chi connectivity index (χ2v) is 13.3. The van der Waals surface area contributed by atoms with Gasteiger partial charge in [-0.25, -0.2) is 23.1 Å². The van der Waals surface area contributed by atoms with Crippen LogP contribution in [0.5, 0.6) is 5.88 Å². The number of thiazole rings is 1. The molecule has 3 aliphatic heterocycles. The number of piperazine rings is 1. The Kier molecular flexibility index (Phi) is 7.70. The molecule has 7 rings (SSSR count). The quantitative estimate of drug-likeness (QED) is 0.261. The van der Waals surface area contributed by atoms with Crippen LogP contribution in [0.4, 0.5) is 24.0 Å². The van der Waals surface area contributed by atoms with Crippen molar-refractivity contribution in [2.75, 3.05) is 56.5 Å². The smallest absolute Gasteiger partial charge is 0.246 e. The number of nitriles is 1. The van der Waals surface area contributed by atoms with Crippen molar-refractivity contribution in [3.63, 3.8) is 0 Å². The summed E-state index contributed by atoms with van der Waals surface area (Å²) in [6.45, 7) is 6.09. The minimum absolute atomic E-state index is 0.00554. The van der Waals surface area contributed by atoms with Crippen LogP contribution < -0.4 is 15.4 Å². The van der Waals surface area contributed by atoms with E-state index in [9.17, 15) is 18.8 Å². The van der Waals surface area contributed by atoms with E-state index in [0.29, 0.717) is 44.8 Å². The Hall–Kier alpha value is -4.12. The summed E-state index contributed by atoms with van der Waals surface area (Å²) in [4.78, 5) is 26.7. The van der Waals surface area contributed by atoms with E-state index in [2.05, 4.69) is 27.5 Å². The van der Waals surface area contributed by atoms with Crippen LogP contribution in [0.15, 0.2) is 30.9 Å². The number of ether oxygens (including phenoxy) is 1. The van der Waals surface area contributed by atoms with E-state index in [1.54, 1.807) is 4.90 Å². The lowest BCUT2D eigenvalue weighted by Crippen LogP contribution is -2.48. The Morgan fingerprint density at radius 3 is 2.76 bits per heavy atom. The van der Waals surface area contributed by atoms with Gasteiger partial charge in [-0.3, -0.25) is 9.69 Å². The molecule has 9 nitrogen and oxygen atoms in total. The molecule has 3 saturated heterocycles. The minimum atomic E-state index is -0.983. The van der Waals surface area contributed by atoms with Crippen molar-refractivity contribution in [3.8, 4) is 23.1 Å². The molecule has 2 atom stereocenters. The highest BCUT2D eigenvalue weighted by Crippen LogP contribution is 2.46. The zero-order valence-electron chi connectivity index (χ0n) is 24.7. The van der Waals surface area contributed by atoms with E-state index in [4.69, 9.17) is 22.1 Å². The molecule has 2 aromatic carbocycles. The number of aromatic nitrogens is 2. The maximum absolute atomic E-state index is 16.9. The molecule has 5 heterocycles. The number of nitrogens with two attached hydrogens (primary N) is 1. The van der Waals surface area contributed by atoms with Gasteiger partial charge in [0.25, 0.3) is 0 Å². The molecule has 14 heteroatoms. The second kappa shape index (κ2) is 11.6. The third kappa shape index (κ3) is 4.90. The van der Waals surface area contributed by atoms with Crippen LogP contribution in [-0.4, -0.2) is 83.3 Å². The topological polar surface area (TPSA) is 112 Å². The highest BCUT2D eigenvalue weighted by Gasteiger charge is 2.49. The van der Waals surface area contributed by atoms with Crippen molar-refractivity contribution < 1.29 is 22.7 Å². The van der Waals surface area contributed by atoms with Gasteiger partial charge >= 0.3 is 0 Å². The zero-order valence-corrected chi connectivity index (χ0v) is 26.2. The van der Waals surface area contributed by atoms with E-state index in [1.165, 1.54) is 24.3 Å². The fourth-order valence-electron chi connectivity index (χ4n) is 7.20. The van der Waals surface area contributed by atoms with Gasteiger partial charge in [0, 0.05) is 55.7 Å². The van der Waals surface area contributed by atoms with Crippen LogP contribution in [0.1, 0.15) is 24.8 Å². The lowest BCUT2D eigenvalue weighted by Gasteiger charge is -2.37. The van der Waals surface area contributed by atoms with Crippen molar-refractivity contribution in [1.29, 1.82) is 5.26 Å². The number of nitrogens with zero attached hydrogens (tertiary/aromatic N) is 6. The highest BCUT2D eigenvalue weighted by molar-refractivity contribution is 7.22. The van der Waals surface area contributed by atoms with Gasteiger partial charge in [-0.15, -0.1) is 0 Å². The number of fused-ring (bicyclic) bond motifs is 3. The minimum Gasteiger partial charge on any atom is -0.475 e. The number of carbonyl (C=O) groups excluding carboxylic acids is 1. The molecule has 0 bridgehead atoms. The summed E-state index contributed by atoms with van der Waals surface area (Å²) < 4.78 is 52.5. The molecule has 4 aromatic rings. The van der Waals surface area contributed by atoms with Crippen molar-refractivity contribution in [2.24, 2.45) is 0 Å². The molecule has 1 amide bonds. The fraction of sp³-hybridized carbons (Fsp3) is 0.375. The summed E-state index contributed by atoms with van der Waals surface area (Å²) in [6.07, 6.45) is 2.21. The molecule has 0 spiro atoms. The van der Waals surface area contributed by atoms with Gasteiger partial charge < -0.3 is 20.3 Å². The normalized spacial score (nSPS) is 21.6. The predicted molar refractivity (Wildman–Crippen MR) is 172 cm³/mol. The van der Waals surface area contributed by atoms with Crippen molar-refractivity contribution in [3.05, 3.63) is 53.1 Å². The fourth-order valence-corrected chi connectivity index (χ4v) is 8.26. The van der Waals surface area contributed by atoms with Gasteiger partial charge in [-0.2, -0.15) is 5.26 Å². The van der Waals surface area contributed by atoms with E-state index in [0.717, 1.165) is 30.7 Å². The number of benzene rings is 2. The first-order valence-electron chi connectivity index (χ1n) is 14.9. The van der Waals surface area contributed by atoms with Crippen molar-refractivity contribution >= 4 is 60.8 Å². The van der Waals surface area contributed by atoms with Crippen molar-refractivity contribution in [1.82, 2.24) is 19.8 Å². The number of amides is 1. The largest absolute Gasteiger partial charge is 0.475 e. The average Bonchev–Trinajstić information content (AvgIpc) is 3.72. The number of halogens is 4. The SMILES string of the molecule is C=CC(=O)N1CCN(c2c(C#N)c(OCC34CCCN3CC(F)C4)nc3c(F)c(-c4ccc(F)c5sc(N)nc45)c(Cl)cc23)CC1. The monoisotopic (exact) mass is 667 g/mol. The Bertz CT molecular complexity index is 1960. The average molecular weight is 668 g/mol. The first kappa shape index (κ1) is 30.5. The Morgan fingerprint density at radius 2 is 2.02 bits per heavy atom. The summed E-state index contributed by atoms with van der Waals surface area (Å²) in [6, 6.07) is 6.35. The number of hydrogen-bond donors (Lipinski definition) is 1. The van der Waals surface area contributed by atoms with E-state index >= 15 is 4.39 Å². The lowest BCUT2D eigenvalue weighted by molar-refractivity contribution is -0.126. The van der Waals surface area contributed by atoms with Crippen LogP contribution in [0.2, 0.25) is 5.02 Å². The summed E-state index contributed by atoms with van der Waals surface area (Å²) in [5, 5.41) is 10.9. The molecule has 0 radical (unpaired) electrons. The summed E-state index contributed by atoms with van der Waals surface area (Å²) in [5.41, 5.74) is 6.07. The summed E-state index contributed by atoms with van der Waals surface area (Å²) >= 11 is 7.73. The molecule has 2 N–H and O–H groups in total. The van der Waals surface area contributed by atoms with Crippen LogP contribution in [0, 0.1) is 23.0 Å². The maximum Gasteiger partial charge on any atom is 0.246 e. The molecular formula is C32H29ClF3N7O2S. The number of hydrogen-bond acceptors (Lipinski definition) is 9. The highest BCUT2D eigenvalue weighted by atomic mass is 35.5. The van der Waals surface area contributed by atoms with E-state index < -0.39 is 23.3 Å². The second-order valence-electron chi connectivity index (χ2n) is 11.9. The molecular weight excluding hydrogens is 639 g/mol. The number of carbonyl (C=O) groups is 1. The van der Waals surface area contributed by atoms with Crippen LogP contribution >= 0.6 is 22.9 Å². The zero-order chi connectivity index (χ0) is 32.3. The molecule has 2 aromatic heterocycles. The van der Waals surface area contributed by atoms with Gasteiger partial charge in [-0.1, -0.05) is 29.5 Å². The van der Waals surface area contributed by atoms with Gasteiger partial charge in [-0.05, 0) is 43.7 Å². The molecule has 0 aliphatic carbocycles. The number of alkyl halides is 1. The number of nitrogen functional groups attached to an aromatic ring is 1. The van der Waals surface area contributed by atoms with Crippen LogP contribution in [0.25, 0.3) is 32.2 Å².